The van der Waals surface area contributed by atoms with Crippen molar-refractivity contribution in [2.45, 2.75) is 26.1 Å². The Morgan fingerprint density at radius 2 is 1.67 bits per heavy atom. The topological polar surface area (TPSA) is 46.2 Å². The molecule has 0 saturated carbocycles. The molecule has 2 aromatic carbocycles. The highest BCUT2D eigenvalue weighted by Crippen LogP contribution is 2.35. The smallest absolute Gasteiger partial charge is 0.398 e. The van der Waals surface area contributed by atoms with Crippen molar-refractivity contribution in [3.05, 3.63) is 64.2 Å². The fourth-order valence-corrected chi connectivity index (χ4v) is 2.21. The Kier molecular flexibility index (Phi) is 3.96. The summed E-state index contributed by atoms with van der Waals surface area (Å²) >= 11 is 0. The van der Waals surface area contributed by atoms with Crippen LogP contribution >= 0.6 is 0 Å². The Hall–Kier alpha value is -2.01. The quantitative estimate of drug-likeness (QED) is 0.823. The number of anilines is 1. The van der Waals surface area contributed by atoms with Gasteiger partial charge in [0.05, 0.1) is 5.56 Å². The third-order valence-electron chi connectivity index (χ3n) is 3.44. The Balaban J connectivity index is 2.52. The summed E-state index contributed by atoms with van der Waals surface area (Å²) in [4.78, 5) is 0. The van der Waals surface area contributed by atoms with Gasteiger partial charge in [0, 0.05) is 11.3 Å². The lowest BCUT2D eigenvalue weighted by Gasteiger charge is -2.18. The van der Waals surface area contributed by atoms with E-state index in [9.17, 15) is 18.3 Å². The average Bonchev–Trinajstić information content (AvgIpc) is 2.40. The van der Waals surface area contributed by atoms with E-state index < -0.39 is 17.8 Å². The maximum atomic E-state index is 12.8. The van der Waals surface area contributed by atoms with E-state index in [1.165, 1.54) is 6.07 Å². The number of alkyl halides is 3. The van der Waals surface area contributed by atoms with Gasteiger partial charge in [0.25, 0.3) is 0 Å². The minimum Gasteiger partial charge on any atom is -0.398 e. The van der Waals surface area contributed by atoms with Gasteiger partial charge in [-0.15, -0.1) is 0 Å². The first-order valence-corrected chi connectivity index (χ1v) is 6.42. The van der Waals surface area contributed by atoms with Crippen LogP contribution in [-0.4, -0.2) is 5.11 Å². The lowest BCUT2D eigenvalue weighted by Crippen LogP contribution is -2.10. The second-order valence-corrected chi connectivity index (χ2v) is 5.10. The van der Waals surface area contributed by atoms with Crippen LogP contribution < -0.4 is 5.73 Å². The third-order valence-corrected chi connectivity index (χ3v) is 3.44. The van der Waals surface area contributed by atoms with Gasteiger partial charge in [-0.2, -0.15) is 13.2 Å². The zero-order chi connectivity index (χ0) is 15.8. The summed E-state index contributed by atoms with van der Waals surface area (Å²) in [5.74, 6) is 0. The van der Waals surface area contributed by atoms with Crippen molar-refractivity contribution in [1.29, 1.82) is 0 Å². The van der Waals surface area contributed by atoms with E-state index >= 15 is 0 Å². The predicted octanol–water partition coefficient (Wildman–Crippen LogP) is 3.99. The molecule has 0 fully saturated rings. The summed E-state index contributed by atoms with van der Waals surface area (Å²) in [6.07, 6.45) is -5.66. The largest absolute Gasteiger partial charge is 0.416 e. The van der Waals surface area contributed by atoms with Crippen LogP contribution in [0.25, 0.3) is 0 Å². The summed E-state index contributed by atoms with van der Waals surface area (Å²) in [5.41, 5.74) is 7.38. The van der Waals surface area contributed by atoms with Crippen LogP contribution in [0.15, 0.2) is 36.4 Å². The molecule has 0 bridgehead atoms. The molecule has 112 valence electrons. The molecule has 5 heteroatoms. The standard InChI is InChI=1S/C16H16F3NO/c1-9-3-4-10(2)12(7-9)15(21)13-8-11(16(17,18)19)5-6-14(13)20/h3-8,15,21H,20H2,1-2H3. The van der Waals surface area contributed by atoms with E-state index in [1.54, 1.807) is 13.0 Å². The van der Waals surface area contributed by atoms with Crippen molar-refractivity contribution in [1.82, 2.24) is 0 Å². The van der Waals surface area contributed by atoms with E-state index in [0.717, 1.165) is 23.3 Å². The van der Waals surface area contributed by atoms with Crippen LogP contribution in [0.3, 0.4) is 0 Å². The molecule has 0 saturated heterocycles. The molecule has 21 heavy (non-hydrogen) atoms. The molecule has 0 aliphatic heterocycles. The molecule has 0 aromatic heterocycles. The minimum atomic E-state index is -4.47. The van der Waals surface area contributed by atoms with Gasteiger partial charge in [0.2, 0.25) is 0 Å². The second kappa shape index (κ2) is 5.41. The zero-order valence-electron chi connectivity index (χ0n) is 11.7. The SMILES string of the molecule is Cc1ccc(C)c(C(O)c2cc(C(F)(F)F)ccc2N)c1. The molecule has 0 spiro atoms. The van der Waals surface area contributed by atoms with Gasteiger partial charge in [0.15, 0.2) is 0 Å². The van der Waals surface area contributed by atoms with Crippen LogP contribution in [0.4, 0.5) is 18.9 Å². The zero-order valence-corrected chi connectivity index (χ0v) is 11.7. The summed E-state index contributed by atoms with van der Waals surface area (Å²) in [5, 5.41) is 10.4. The molecule has 2 nitrogen and oxygen atoms in total. The van der Waals surface area contributed by atoms with E-state index in [0.29, 0.717) is 5.56 Å². The van der Waals surface area contributed by atoms with Crippen molar-refractivity contribution in [2.75, 3.05) is 5.73 Å². The van der Waals surface area contributed by atoms with Gasteiger partial charge in [-0.3, -0.25) is 0 Å². The third kappa shape index (κ3) is 3.19. The number of aliphatic hydroxyl groups excluding tert-OH is 1. The Morgan fingerprint density at radius 1 is 1.00 bits per heavy atom. The number of nitrogen functional groups attached to an aromatic ring is 1. The van der Waals surface area contributed by atoms with Gasteiger partial charge in [0.1, 0.15) is 6.10 Å². The molecule has 0 heterocycles. The monoisotopic (exact) mass is 295 g/mol. The highest BCUT2D eigenvalue weighted by atomic mass is 19.4. The average molecular weight is 295 g/mol. The fourth-order valence-electron chi connectivity index (χ4n) is 2.21. The molecule has 2 aromatic rings. The molecular weight excluding hydrogens is 279 g/mol. The van der Waals surface area contributed by atoms with Crippen molar-refractivity contribution >= 4 is 5.69 Å². The van der Waals surface area contributed by atoms with Crippen molar-refractivity contribution < 1.29 is 18.3 Å². The van der Waals surface area contributed by atoms with Crippen LogP contribution in [0, 0.1) is 13.8 Å². The number of aliphatic hydroxyl groups is 1. The first kappa shape index (κ1) is 15.4. The van der Waals surface area contributed by atoms with Gasteiger partial charge < -0.3 is 10.8 Å². The number of nitrogens with two attached hydrogens (primary N) is 1. The van der Waals surface area contributed by atoms with Gasteiger partial charge in [-0.05, 0) is 43.2 Å². The van der Waals surface area contributed by atoms with Crippen LogP contribution in [0.1, 0.15) is 33.9 Å². The lowest BCUT2D eigenvalue weighted by molar-refractivity contribution is -0.137. The number of aryl methyl sites for hydroxylation is 2. The molecule has 1 unspecified atom stereocenters. The number of hydrogen-bond acceptors (Lipinski definition) is 2. The van der Waals surface area contributed by atoms with Crippen molar-refractivity contribution in [3.8, 4) is 0 Å². The molecule has 0 aliphatic rings. The normalized spacial score (nSPS) is 13.2. The molecule has 2 rings (SSSR count). The van der Waals surface area contributed by atoms with E-state index in [4.69, 9.17) is 5.73 Å². The first-order chi connectivity index (χ1) is 9.70. The predicted molar refractivity (Wildman–Crippen MR) is 75.8 cm³/mol. The Morgan fingerprint density at radius 3 is 2.29 bits per heavy atom. The molecule has 0 radical (unpaired) electrons. The maximum Gasteiger partial charge on any atom is 0.416 e. The lowest BCUT2D eigenvalue weighted by atomic mass is 9.94. The second-order valence-electron chi connectivity index (χ2n) is 5.10. The minimum absolute atomic E-state index is 0.0681. The van der Waals surface area contributed by atoms with Crippen LogP contribution in [0.5, 0.6) is 0 Å². The fraction of sp³-hybridized carbons (Fsp3) is 0.250. The number of rotatable bonds is 2. The highest BCUT2D eigenvalue weighted by Gasteiger charge is 2.31. The van der Waals surface area contributed by atoms with E-state index in [2.05, 4.69) is 0 Å². The summed E-state index contributed by atoms with van der Waals surface area (Å²) in [6.45, 7) is 3.65. The van der Waals surface area contributed by atoms with E-state index in [-0.39, 0.29) is 11.3 Å². The van der Waals surface area contributed by atoms with Gasteiger partial charge >= 0.3 is 6.18 Å². The highest BCUT2D eigenvalue weighted by molar-refractivity contribution is 5.53. The number of halogens is 3. The van der Waals surface area contributed by atoms with Crippen molar-refractivity contribution in [2.24, 2.45) is 0 Å². The number of benzene rings is 2. The molecule has 0 aliphatic carbocycles. The maximum absolute atomic E-state index is 12.8. The number of hydrogen-bond donors (Lipinski definition) is 2. The van der Waals surface area contributed by atoms with Gasteiger partial charge in [-0.25, -0.2) is 0 Å². The van der Waals surface area contributed by atoms with Gasteiger partial charge in [-0.1, -0.05) is 23.8 Å². The molecule has 1 atom stereocenters. The molecule has 0 amide bonds. The Labute approximate surface area is 121 Å². The molecule has 3 N–H and O–H groups in total. The summed E-state index contributed by atoms with van der Waals surface area (Å²) < 4.78 is 38.4. The Bertz CT molecular complexity index is 665. The molecular formula is C16H16F3NO. The van der Waals surface area contributed by atoms with Crippen molar-refractivity contribution in [3.63, 3.8) is 0 Å². The first-order valence-electron chi connectivity index (χ1n) is 6.42. The van der Waals surface area contributed by atoms with E-state index in [1.807, 2.05) is 19.1 Å². The summed E-state index contributed by atoms with van der Waals surface area (Å²) in [6, 6.07) is 8.43. The van der Waals surface area contributed by atoms with Crippen LogP contribution in [0.2, 0.25) is 0 Å². The summed E-state index contributed by atoms with van der Waals surface area (Å²) in [7, 11) is 0. The van der Waals surface area contributed by atoms with Crippen LogP contribution in [-0.2, 0) is 6.18 Å².